The number of rotatable bonds is 7. The molecule has 0 spiro atoms. The predicted octanol–water partition coefficient (Wildman–Crippen LogP) is 4.74. The Bertz CT molecular complexity index is 1340. The summed E-state index contributed by atoms with van der Waals surface area (Å²) >= 11 is 0. The quantitative estimate of drug-likeness (QED) is 0.439. The van der Waals surface area contributed by atoms with Gasteiger partial charge in [0.25, 0.3) is 5.91 Å². The third-order valence-corrected chi connectivity index (χ3v) is 5.88. The van der Waals surface area contributed by atoms with Gasteiger partial charge in [0.15, 0.2) is 17.4 Å². The highest BCUT2D eigenvalue weighted by molar-refractivity contribution is 6.20. The van der Waals surface area contributed by atoms with Crippen molar-refractivity contribution in [1.82, 2.24) is 10.2 Å². The molecule has 0 radical (unpaired) electrons. The highest BCUT2D eigenvalue weighted by atomic mass is 19.4. The molecule has 1 aliphatic heterocycles. The Morgan fingerprint density at radius 2 is 1.70 bits per heavy atom. The third kappa shape index (κ3) is 5.31. The van der Waals surface area contributed by atoms with E-state index in [1.165, 1.54) is 24.3 Å². The van der Waals surface area contributed by atoms with Gasteiger partial charge in [-0.3, -0.25) is 14.5 Å². The average Bonchev–Trinajstić information content (AvgIpc) is 3.13. The number of nitrogens with zero attached hydrogens (tertiary/aromatic N) is 3. The van der Waals surface area contributed by atoms with Gasteiger partial charge < -0.3 is 15.6 Å². The Balaban J connectivity index is 1.79. The highest BCUT2D eigenvalue weighted by Crippen LogP contribution is 2.41. The van der Waals surface area contributed by atoms with Gasteiger partial charge in [0, 0.05) is 12.1 Å². The second-order valence-electron chi connectivity index (χ2n) is 8.65. The Morgan fingerprint density at radius 1 is 1.05 bits per heavy atom. The van der Waals surface area contributed by atoms with Crippen molar-refractivity contribution in [3.8, 4) is 5.75 Å². The zero-order chi connectivity index (χ0) is 26.9. The lowest BCUT2D eigenvalue weighted by atomic mass is 9.91. The molecule has 1 unspecified atom stereocenters. The standard InChI is InChI=1S/C26H23F3N4O4/c1-14(2)15-3-5-17(6-4-15)23(34)21-22(16-7-10-19(11-8-16)37-26(27,28)29)33(25(36)24(21)35)20-12-9-18(13-30)31-32-20/h3-12,14,22,35H,13,30H2,1-2H3. The van der Waals surface area contributed by atoms with Crippen LogP contribution in [-0.2, 0) is 11.3 Å². The summed E-state index contributed by atoms with van der Waals surface area (Å²) in [6.07, 6.45) is -4.89. The monoisotopic (exact) mass is 512 g/mol. The first-order valence-corrected chi connectivity index (χ1v) is 11.3. The van der Waals surface area contributed by atoms with Crippen LogP contribution in [0.1, 0.15) is 53.0 Å². The highest BCUT2D eigenvalue weighted by Gasteiger charge is 2.45. The van der Waals surface area contributed by atoms with E-state index in [2.05, 4.69) is 14.9 Å². The number of nitrogens with two attached hydrogens (primary N) is 1. The molecular weight excluding hydrogens is 489 g/mol. The summed E-state index contributed by atoms with van der Waals surface area (Å²) in [7, 11) is 0. The van der Waals surface area contributed by atoms with Crippen LogP contribution in [0.25, 0.3) is 0 Å². The van der Waals surface area contributed by atoms with Gasteiger partial charge in [-0.1, -0.05) is 50.2 Å². The summed E-state index contributed by atoms with van der Waals surface area (Å²) in [6.45, 7) is 4.10. The number of anilines is 1. The average molecular weight is 512 g/mol. The van der Waals surface area contributed by atoms with E-state index in [9.17, 15) is 27.9 Å². The number of alkyl halides is 3. The second kappa shape index (κ2) is 10.0. The fourth-order valence-electron chi connectivity index (χ4n) is 4.01. The van der Waals surface area contributed by atoms with Gasteiger partial charge in [0.1, 0.15) is 5.75 Å². The Morgan fingerprint density at radius 3 is 2.22 bits per heavy atom. The van der Waals surface area contributed by atoms with Crippen molar-refractivity contribution in [3.63, 3.8) is 0 Å². The topological polar surface area (TPSA) is 119 Å². The molecule has 1 amide bonds. The zero-order valence-electron chi connectivity index (χ0n) is 19.9. The number of aliphatic hydroxyl groups excluding tert-OH is 1. The zero-order valence-corrected chi connectivity index (χ0v) is 19.9. The van der Waals surface area contributed by atoms with Crippen molar-refractivity contribution in [2.24, 2.45) is 5.73 Å². The molecule has 0 saturated carbocycles. The van der Waals surface area contributed by atoms with E-state index in [1.807, 2.05) is 13.8 Å². The van der Waals surface area contributed by atoms with Crippen molar-refractivity contribution in [3.05, 3.63) is 94.4 Å². The fraction of sp³-hybridized carbons (Fsp3) is 0.231. The van der Waals surface area contributed by atoms with Gasteiger partial charge in [0.2, 0.25) is 0 Å². The van der Waals surface area contributed by atoms with Gasteiger partial charge in [-0.05, 0) is 41.3 Å². The summed E-state index contributed by atoms with van der Waals surface area (Å²) in [5, 5.41) is 18.8. The van der Waals surface area contributed by atoms with Crippen LogP contribution in [0.15, 0.2) is 72.0 Å². The maximum Gasteiger partial charge on any atom is 0.573 e. The van der Waals surface area contributed by atoms with Crippen LogP contribution in [0.2, 0.25) is 0 Å². The Hall–Kier alpha value is -4.25. The van der Waals surface area contributed by atoms with E-state index < -0.39 is 35.6 Å². The molecule has 2 aromatic carbocycles. The molecule has 192 valence electrons. The minimum atomic E-state index is -4.89. The van der Waals surface area contributed by atoms with Gasteiger partial charge in [-0.2, -0.15) is 5.10 Å². The number of amides is 1. The Kier molecular flexibility index (Phi) is 6.99. The molecule has 1 aromatic heterocycles. The van der Waals surface area contributed by atoms with E-state index in [1.54, 1.807) is 24.3 Å². The molecule has 37 heavy (non-hydrogen) atoms. The SMILES string of the molecule is CC(C)c1ccc(C(=O)C2=C(O)C(=O)N(c3ccc(CN)nn3)C2c2ccc(OC(F)(F)F)cc2)cc1. The number of benzene rings is 2. The van der Waals surface area contributed by atoms with E-state index >= 15 is 0 Å². The summed E-state index contributed by atoms with van der Waals surface area (Å²) < 4.78 is 41.8. The number of Topliss-reactive ketones (excluding diaryl/α,β-unsaturated/α-hetero) is 1. The lowest BCUT2D eigenvalue weighted by Gasteiger charge is -2.26. The van der Waals surface area contributed by atoms with E-state index in [0.717, 1.165) is 22.6 Å². The van der Waals surface area contributed by atoms with Crippen molar-refractivity contribution in [2.45, 2.75) is 38.7 Å². The normalized spacial score (nSPS) is 16.0. The summed E-state index contributed by atoms with van der Waals surface area (Å²) in [5.74, 6) is -2.55. The van der Waals surface area contributed by atoms with E-state index in [0.29, 0.717) is 5.69 Å². The molecule has 3 aromatic rings. The van der Waals surface area contributed by atoms with E-state index in [-0.39, 0.29) is 35.0 Å². The van der Waals surface area contributed by atoms with Gasteiger partial charge in [0.05, 0.1) is 17.3 Å². The molecular formula is C26H23F3N4O4. The van der Waals surface area contributed by atoms with Crippen LogP contribution < -0.4 is 15.4 Å². The number of ether oxygens (including phenoxy) is 1. The number of hydrogen-bond donors (Lipinski definition) is 2. The molecule has 0 saturated heterocycles. The first kappa shape index (κ1) is 25.8. The first-order chi connectivity index (χ1) is 17.5. The van der Waals surface area contributed by atoms with Crippen LogP contribution in [0.4, 0.5) is 19.0 Å². The predicted molar refractivity (Wildman–Crippen MR) is 128 cm³/mol. The molecule has 4 rings (SSSR count). The van der Waals surface area contributed by atoms with Crippen LogP contribution in [0, 0.1) is 0 Å². The molecule has 1 aliphatic rings. The van der Waals surface area contributed by atoms with Crippen LogP contribution in [0.5, 0.6) is 5.75 Å². The van der Waals surface area contributed by atoms with Crippen molar-refractivity contribution in [2.75, 3.05) is 4.90 Å². The van der Waals surface area contributed by atoms with Crippen molar-refractivity contribution >= 4 is 17.5 Å². The van der Waals surface area contributed by atoms with E-state index in [4.69, 9.17) is 5.73 Å². The number of aliphatic hydroxyl groups is 1. The lowest BCUT2D eigenvalue weighted by molar-refractivity contribution is -0.274. The first-order valence-electron chi connectivity index (χ1n) is 11.3. The maximum absolute atomic E-state index is 13.6. The number of carbonyl (C=O) groups excluding carboxylic acids is 2. The molecule has 2 heterocycles. The molecule has 3 N–H and O–H groups in total. The largest absolute Gasteiger partial charge is 0.573 e. The van der Waals surface area contributed by atoms with Crippen LogP contribution >= 0.6 is 0 Å². The minimum absolute atomic E-state index is 0.0207. The summed E-state index contributed by atoms with van der Waals surface area (Å²) in [6, 6.07) is 13.2. The molecule has 0 aliphatic carbocycles. The smallest absolute Gasteiger partial charge is 0.503 e. The summed E-state index contributed by atoms with van der Waals surface area (Å²) in [5.41, 5.74) is 7.24. The molecule has 0 bridgehead atoms. The Labute approximate surface area is 210 Å². The minimum Gasteiger partial charge on any atom is -0.503 e. The molecule has 1 atom stereocenters. The summed E-state index contributed by atoms with van der Waals surface area (Å²) in [4.78, 5) is 27.8. The third-order valence-electron chi connectivity index (χ3n) is 5.88. The van der Waals surface area contributed by atoms with Crippen molar-refractivity contribution < 1.29 is 32.6 Å². The number of carbonyl (C=O) groups is 2. The number of aromatic nitrogens is 2. The number of ketones is 1. The van der Waals surface area contributed by atoms with Crippen molar-refractivity contribution in [1.29, 1.82) is 0 Å². The number of halogens is 3. The van der Waals surface area contributed by atoms with Gasteiger partial charge >= 0.3 is 6.36 Å². The van der Waals surface area contributed by atoms with Gasteiger partial charge in [-0.15, -0.1) is 18.3 Å². The van der Waals surface area contributed by atoms with Crippen LogP contribution in [0.3, 0.4) is 0 Å². The number of hydrogen-bond acceptors (Lipinski definition) is 7. The fourth-order valence-corrected chi connectivity index (χ4v) is 4.01. The second-order valence-corrected chi connectivity index (χ2v) is 8.65. The molecule has 11 heteroatoms. The van der Waals surface area contributed by atoms with Crippen LogP contribution in [-0.4, -0.2) is 33.4 Å². The van der Waals surface area contributed by atoms with Gasteiger partial charge in [-0.25, -0.2) is 0 Å². The molecule has 8 nitrogen and oxygen atoms in total. The molecule has 0 fully saturated rings. The lowest BCUT2D eigenvalue weighted by Crippen LogP contribution is -2.32. The maximum atomic E-state index is 13.6.